The van der Waals surface area contributed by atoms with Gasteiger partial charge in [0.1, 0.15) is 17.7 Å². The average Bonchev–Trinajstić information content (AvgIpc) is 2.82. The number of H-pyrrole nitrogens is 1. The molecule has 2 aromatic heterocycles. The zero-order valence-electron chi connectivity index (χ0n) is 11.3. The molecule has 0 fully saturated rings. The summed E-state index contributed by atoms with van der Waals surface area (Å²) in [4.78, 5) is 11.3. The number of hydrogen-bond donors (Lipinski definition) is 1. The second-order valence-corrected chi connectivity index (χ2v) is 4.89. The first-order chi connectivity index (χ1) is 10.2. The zero-order valence-corrected chi connectivity index (χ0v) is 12.2. The standard InChI is InChI=1S/C14H13FN4OS/c1-20-13-11-12(16-8-17-13)19(14(21)18-11)7-6-9-4-2-3-5-10(9)15/h2-5,8H,6-7H2,1H3,(H,18,21). The van der Waals surface area contributed by atoms with Crippen molar-refractivity contribution >= 4 is 23.4 Å². The Hall–Kier alpha value is -2.28. The van der Waals surface area contributed by atoms with Gasteiger partial charge in [-0.05, 0) is 30.3 Å². The molecular formula is C14H13FN4OS. The van der Waals surface area contributed by atoms with Gasteiger partial charge in [0.05, 0.1) is 7.11 Å². The first-order valence-electron chi connectivity index (χ1n) is 6.41. The molecule has 0 unspecified atom stereocenters. The van der Waals surface area contributed by atoms with Crippen LogP contribution in [-0.2, 0) is 13.0 Å². The van der Waals surface area contributed by atoms with Crippen molar-refractivity contribution in [2.24, 2.45) is 0 Å². The van der Waals surface area contributed by atoms with Gasteiger partial charge in [-0.3, -0.25) is 0 Å². The SMILES string of the molecule is COc1ncnc2c1[nH]c(=S)n2CCc1ccccc1F. The van der Waals surface area contributed by atoms with E-state index in [2.05, 4.69) is 15.0 Å². The number of benzene rings is 1. The summed E-state index contributed by atoms with van der Waals surface area (Å²) < 4.78 is 21.2. The highest BCUT2D eigenvalue weighted by Crippen LogP contribution is 2.20. The Kier molecular flexibility index (Phi) is 3.66. The lowest BCUT2D eigenvalue weighted by Gasteiger charge is -2.05. The van der Waals surface area contributed by atoms with Gasteiger partial charge in [-0.1, -0.05) is 18.2 Å². The molecule has 0 bridgehead atoms. The Morgan fingerprint density at radius 1 is 1.33 bits per heavy atom. The first-order valence-corrected chi connectivity index (χ1v) is 6.82. The quantitative estimate of drug-likeness (QED) is 0.753. The fourth-order valence-electron chi connectivity index (χ4n) is 2.24. The van der Waals surface area contributed by atoms with Crippen molar-refractivity contribution < 1.29 is 9.13 Å². The monoisotopic (exact) mass is 304 g/mol. The number of nitrogens with one attached hydrogen (secondary N) is 1. The van der Waals surface area contributed by atoms with E-state index in [0.29, 0.717) is 40.3 Å². The van der Waals surface area contributed by atoms with Crippen LogP contribution in [0.4, 0.5) is 4.39 Å². The van der Waals surface area contributed by atoms with Crippen molar-refractivity contribution in [3.63, 3.8) is 0 Å². The summed E-state index contributed by atoms with van der Waals surface area (Å²) in [7, 11) is 1.54. The summed E-state index contributed by atoms with van der Waals surface area (Å²) in [5.41, 5.74) is 1.96. The van der Waals surface area contributed by atoms with Crippen LogP contribution in [0.2, 0.25) is 0 Å². The minimum Gasteiger partial charge on any atom is -0.479 e. The van der Waals surface area contributed by atoms with E-state index in [4.69, 9.17) is 17.0 Å². The molecule has 0 amide bonds. The van der Waals surface area contributed by atoms with Gasteiger partial charge < -0.3 is 14.3 Å². The molecule has 5 nitrogen and oxygen atoms in total. The third kappa shape index (κ3) is 2.52. The second-order valence-electron chi connectivity index (χ2n) is 4.50. The van der Waals surface area contributed by atoms with Gasteiger partial charge in [0.25, 0.3) is 0 Å². The number of imidazole rings is 1. The van der Waals surface area contributed by atoms with Gasteiger partial charge in [-0.2, -0.15) is 4.98 Å². The van der Waals surface area contributed by atoms with Crippen molar-refractivity contribution in [1.82, 2.24) is 19.5 Å². The van der Waals surface area contributed by atoms with Gasteiger partial charge in [-0.25, -0.2) is 9.37 Å². The molecule has 0 aliphatic rings. The maximum Gasteiger partial charge on any atom is 0.242 e. The molecule has 0 aliphatic heterocycles. The molecule has 0 saturated heterocycles. The van der Waals surface area contributed by atoms with E-state index >= 15 is 0 Å². The van der Waals surface area contributed by atoms with Gasteiger partial charge in [0, 0.05) is 6.54 Å². The first kappa shape index (κ1) is 13.7. The van der Waals surface area contributed by atoms with Gasteiger partial charge in [-0.15, -0.1) is 0 Å². The molecule has 3 rings (SSSR count). The van der Waals surface area contributed by atoms with E-state index in [1.165, 1.54) is 19.5 Å². The molecule has 2 heterocycles. The number of rotatable bonds is 4. The number of fused-ring (bicyclic) bond motifs is 1. The molecule has 1 aromatic carbocycles. The predicted molar refractivity (Wildman–Crippen MR) is 79.4 cm³/mol. The van der Waals surface area contributed by atoms with Crippen LogP contribution >= 0.6 is 12.2 Å². The Labute approximate surface area is 125 Å². The predicted octanol–water partition coefficient (Wildman–Crippen LogP) is 2.88. The van der Waals surface area contributed by atoms with Gasteiger partial charge in [0.15, 0.2) is 10.4 Å². The van der Waals surface area contributed by atoms with Crippen molar-refractivity contribution in [3.05, 3.63) is 46.7 Å². The fourth-order valence-corrected chi connectivity index (χ4v) is 2.52. The van der Waals surface area contributed by atoms with Crippen molar-refractivity contribution in [2.45, 2.75) is 13.0 Å². The van der Waals surface area contributed by atoms with E-state index in [0.717, 1.165) is 0 Å². The maximum atomic E-state index is 13.7. The van der Waals surface area contributed by atoms with Crippen LogP contribution in [0.1, 0.15) is 5.56 Å². The summed E-state index contributed by atoms with van der Waals surface area (Å²) in [5, 5.41) is 0. The summed E-state index contributed by atoms with van der Waals surface area (Å²) in [5.74, 6) is 0.229. The molecule has 0 radical (unpaired) electrons. The molecule has 0 saturated carbocycles. The van der Waals surface area contributed by atoms with E-state index in [-0.39, 0.29) is 5.82 Å². The average molecular weight is 304 g/mol. The molecule has 108 valence electrons. The number of aromatic amines is 1. The lowest BCUT2D eigenvalue weighted by atomic mass is 10.1. The van der Waals surface area contributed by atoms with Crippen molar-refractivity contribution in [1.29, 1.82) is 0 Å². The fraction of sp³-hybridized carbons (Fsp3) is 0.214. The number of nitrogens with zero attached hydrogens (tertiary/aromatic N) is 3. The van der Waals surface area contributed by atoms with Crippen LogP contribution in [0, 0.1) is 10.6 Å². The number of aromatic nitrogens is 4. The van der Waals surface area contributed by atoms with Crippen LogP contribution in [0.3, 0.4) is 0 Å². The second kappa shape index (κ2) is 5.61. The number of methoxy groups -OCH3 is 1. The molecule has 1 N–H and O–H groups in total. The van der Waals surface area contributed by atoms with Crippen molar-refractivity contribution in [3.8, 4) is 5.88 Å². The highest BCUT2D eigenvalue weighted by atomic mass is 32.1. The summed E-state index contributed by atoms with van der Waals surface area (Å²) in [6.45, 7) is 0.528. The van der Waals surface area contributed by atoms with E-state index in [1.807, 2.05) is 10.6 Å². The van der Waals surface area contributed by atoms with E-state index in [1.54, 1.807) is 12.1 Å². The van der Waals surface area contributed by atoms with E-state index < -0.39 is 0 Å². The molecule has 0 atom stereocenters. The van der Waals surface area contributed by atoms with E-state index in [9.17, 15) is 4.39 Å². The smallest absolute Gasteiger partial charge is 0.242 e. The Balaban J connectivity index is 1.96. The zero-order chi connectivity index (χ0) is 14.8. The van der Waals surface area contributed by atoms with Crippen LogP contribution in [0.5, 0.6) is 5.88 Å². The highest BCUT2D eigenvalue weighted by molar-refractivity contribution is 7.71. The molecule has 7 heteroatoms. The summed E-state index contributed by atoms with van der Waals surface area (Å²) in [6, 6.07) is 6.71. The number of halogens is 1. The minimum absolute atomic E-state index is 0.212. The largest absolute Gasteiger partial charge is 0.479 e. The highest BCUT2D eigenvalue weighted by Gasteiger charge is 2.11. The molecule has 0 aliphatic carbocycles. The van der Waals surface area contributed by atoms with Crippen LogP contribution in [-0.4, -0.2) is 26.6 Å². The van der Waals surface area contributed by atoms with Crippen LogP contribution < -0.4 is 4.74 Å². The third-order valence-corrected chi connectivity index (χ3v) is 3.60. The molecule has 0 spiro atoms. The van der Waals surface area contributed by atoms with Gasteiger partial charge in [0.2, 0.25) is 5.88 Å². The number of aryl methyl sites for hydroxylation is 2. The minimum atomic E-state index is -0.212. The molecular weight excluding hydrogens is 291 g/mol. The Bertz CT molecular complexity index is 842. The third-order valence-electron chi connectivity index (χ3n) is 3.28. The Morgan fingerprint density at radius 2 is 2.14 bits per heavy atom. The van der Waals surface area contributed by atoms with Crippen molar-refractivity contribution in [2.75, 3.05) is 7.11 Å². The molecule has 21 heavy (non-hydrogen) atoms. The lowest BCUT2D eigenvalue weighted by molar-refractivity contribution is 0.401. The Morgan fingerprint density at radius 3 is 2.90 bits per heavy atom. The van der Waals surface area contributed by atoms with Gasteiger partial charge >= 0.3 is 0 Å². The topological polar surface area (TPSA) is 55.7 Å². The number of hydrogen-bond acceptors (Lipinski definition) is 4. The lowest BCUT2D eigenvalue weighted by Crippen LogP contribution is -2.04. The summed E-state index contributed by atoms with van der Waals surface area (Å²) in [6.07, 6.45) is 1.95. The number of ether oxygens (including phenoxy) is 1. The maximum absolute atomic E-state index is 13.7. The normalized spacial score (nSPS) is 11.0. The molecule has 3 aromatic rings. The van der Waals surface area contributed by atoms with Crippen LogP contribution in [0.25, 0.3) is 11.2 Å². The summed E-state index contributed by atoms with van der Waals surface area (Å²) >= 11 is 5.30. The van der Waals surface area contributed by atoms with Crippen LogP contribution in [0.15, 0.2) is 30.6 Å².